The van der Waals surface area contributed by atoms with Crippen LogP contribution in [0.2, 0.25) is 0 Å². The lowest BCUT2D eigenvalue weighted by Crippen LogP contribution is -2.28. The lowest BCUT2D eigenvalue weighted by atomic mass is 10.3. The molecule has 108 valence electrons. The Morgan fingerprint density at radius 3 is 3.00 bits per heavy atom. The standard InChI is InChI=1S/C12H16N4O4/c1-8(17)7-13-4-5-14-12-15-10-3-2-9(16(18)19)6-11(10)20-12/h2-3,6,8,13,17H,4-5,7H2,1H3,(H,14,15). The van der Waals surface area contributed by atoms with E-state index in [0.717, 1.165) is 0 Å². The van der Waals surface area contributed by atoms with Crippen molar-refractivity contribution in [3.8, 4) is 0 Å². The SMILES string of the molecule is CC(O)CNCCNc1nc2ccc([N+](=O)[O-])cc2o1. The second-order valence-corrected chi connectivity index (χ2v) is 4.41. The molecular weight excluding hydrogens is 264 g/mol. The van der Waals surface area contributed by atoms with Crippen molar-refractivity contribution in [3.05, 3.63) is 28.3 Å². The van der Waals surface area contributed by atoms with Crippen LogP contribution in [0.15, 0.2) is 22.6 Å². The summed E-state index contributed by atoms with van der Waals surface area (Å²) >= 11 is 0. The highest BCUT2D eigenvalue weighted by Gasteiger charge is 2.11. The van der Waals surface area contributed by atoms with Crippen LogP contribution in [-0.4, -0.2) is 40.8 Å². The van der Waals surface area contributed by atoms with Crippen molar-refractivity contribution >= 4 is 22.8 Å². The summed E-state index contributed by atoms with van der Waals surface area (Å²) in [5.41, 5.74) is 0.910. The molecule has 20 heavy (non-hydrogen) atoms. The summed E-state index contributed by atoms with van der Waals surface area (Å²) in [5.74, 6) is 0. The minimum Gasteiger partial charge on any atom is -0.423 e. The van der Waals surface area contributed by atoms with Crippen LogP contribution in [0.25, 0.3) is 11.1 Å². The topological polar surface area (TPSA) is 113 Å². The Kier molecular flexibility index (Phi) is 4.49. The van der Waals surface area contributed by atoms with Gasteiger partial charge in [0.2, 0.25) is 0 Å². The Morgan fingerprint density at radius 1 is 1.50 bits per heavy atom. The van der Waals surface area contributed by atoms with Gasteiger partial charge in [-0.05, 0) is 13.0 Å². The number of hydrogen-bond donors (Lipinski definition) is 3. The molecule has 0 radical (unpaired) electrons. The number of oxazole rings is 1. The first-order valence-corrected chi connectivity index (χ1v) is 6.24. The van der Waals surface area contributed by atoms with Crippen LogP contribution in [0.3, 0.4) is 0 Å². The van der Waals surface area contributed by atoms with Gasteiger partial charge >= 0.3 is 0 Å². The zero-order chi connectivity index (χ0) is 14.5. The Morgan fingerprint density at radius 2 is 2.30 bits per heavy atom. The molecule has 1 heterocycles. The molecule has 0 aliphatic heterocycles. The lowest BCUT2D eigenvalue weighted by Gasteiger charge is -2.06. The van der Waals surface area contributed by atoms with Crippen molar-refractivity contribution in [1.29, 1.82) is 0 Å². The Hall–Kier alpha value is -2.19. The van der Waals surface area contributed by atoms with Gasteiger partial charge in [-0.15, -0.1) is 0 Å². The van der Waals surface area contributed by atoms with Crippen molar-refractivity contribution in [2.45, 2.75) is 13.0 Å². The van der Waals surface area contributed by atoms with Crippen LogP contribution in [0, 0.1) is 10.1 Å². The molecule has 1 atom stereocenters. The lowest BCUT2D eigenvalue weighted by molar-refractivity contribution is -0.384. The highest BCUT2D eigenvalue weighted by molar-refractivity contribution is 5.77. The molecule has 0 amide bonds. The molecule has 8 heteroatoms. The van der Waals surface area contributed by atoms with E-state index in [-0.39, 0.29) is 11.8 Å². The Bertz CT molecular complexity index is 596. The van der Waals surface area contributed by atoms with Crippen molar-refractivity contribution in [2.24, 2.45) is 0 Å². The molecule has 1 unspecified atom stereocenters. The third-order valence-electron chi connectivity index (χ3n) is 2.60. The Balaban J connectivity index is 1.93. The van der Waals surface area contributed by atoms with E-state index < -0.39 is 4.92 Å². The first kappa shape index (κ1) is 14.2. The van der Waals surface area contributed by atoms with Gasteiger partial charge in [-0.3, -0.25) is 10.1 Å². The number of nitrogens with zero attached hydrogens (tertiary/aromatic N) is 2. The number of non-ortho nitro benzene ring substituents is 1. The summed E-state index contributed by atoms with van der Waals surface area (Å²) in [7, 11) is 0. The van der Waals surface area contributed by atoms with Crippen molar-refractivity contribution in [2.75, 3.05) is 25.0 Å². The molecule has 1 aromatic heterocycles. The van der Waals surface area contributed by atoms with Gasteiger partial charge in [0, 0.05) is 25.7 Å². The van der Waals surface area contributed by atoms with Crippen LogP contribution in [0.1, 0.15) is 6.92 Å². The fraction of sp³-hybridized carbons (Fsp3) is 0.417. The number of nitrogens with one attached hydrogen (secondary N) is 2. The number of nitro groups is 1. The molecule has 0 saturated carbocycles. The third-order valence-corrected chi connectivity index (χ3v) is 2.60. The van der Waals surface area contributed by atoms with Gasteiger partial charge in [0.25, 0.3) is 11.7 Å². The number of rotatable bonds is 7. The summed E-state index contributed by atoms with van der Waals surface area (Å²) in [6.45, 7) is 3.43. The minimum atomic E-state index is -0.477. The largest absolute Gasteiger partial charge is 0.423 e. The first-order chi connectivity index (χ1) is 9.56. The number of aliphatic hydroxyl groups is 1. The Labute approximate surface area is 114 Å². The van der Waals surface area contributed by atoms with Crippen LogP contribution in [-0.2, 0) is 0 Å². The molecule has 0 aliphatic carbocycles. The van der Waals surface area contributed by atoms with Crippen molar-refractivity contribution < 1.29 is 14.4 Å². The number of aromatic nitrogens is 1. The summed E-state index contributed by atoms with van der Waals surface area (Å²) in [4.78, 5) is 14.3. The van der Waals surface area contributed by atoms with Crippen LogP contribution in [0.4, 0.5) is 11.7 Å². The van der Waals surface area contributed by atoms with Gasteiger partial charge in [-0.2, -0.15) is 4.98 Å². The van der Waals surface area contributed by atoms with Crippen molar-refractivity contribution in [3.63, 3.8) is 0 Å². The monoisotopic (exact) mass is 280 g/mol. The highest BCUT2D eigenvalue weighted by Crippen LogP contribution is 2.23. The predicted octanol–water partition coefficient (Wildman–Crippen LogP) is 1.12. The van der Waals surface area contributed by atoms with E-state index >= 15 is 0 Å². The van der Waals surface area contributed by atoms with Crippen LogP contribution < -0.4 is 10.6 Å². The molecule has 0 aliphatic rings. The summed E-state index contributed by atoms with van der Waals surface area (Å²) in [6.07, 6.45) is -0.389. The predicted molar refractivity (Wildman–Crippen MR) is 73.7 cm³/mol. The molecule has 0 fully saturated rings. The average molecular weight is 280 g/mol. The van der Waals surface area contributed by atoms with E-state index in [0.29, 0.717) is 36.7 Å². The fourth-order valence-electron chi connectivity index (χ4n) is 1.67. The first-order valence-electron chi connectivity index (χ1n) is 6.24. The van der Waals surface area contributed by atoms with Gasteiger partial charge in [0.15, 0.2) is 5.58 Å². The molecule has 3 N–H and O–H groups in total. The van der Waals surface area contributed by atoms with Gasteiger partial charge in [-0.25, -0.2) is 0 Å². The molecular formula is C12H16N4O4. The van der Waals surface area contributed by atoms with E-state index in [9.17, 15) is 10.1 Å². The molecule has 1 aromatic carbocycles. The quantitative estimate of drug-likeness (QED) is 0.395. The van der Waals surface area contributed by atoms with Gasteiger partial charge in [-0.1, -0.05) is 0 Å². The fourth-order valence-corrected chi connectivity index (χ4v) is 1.67. The number of anilines is 1. The molecule has 8 nitrogen and oxygen atoms in total. The molecule has 0 saturated heterocycles. The minimum absolute atomic E-state index is 0.0289. The number of benzene rings is 1. The molecule has 2 rings (SSSR count). The summed E-state index contributed by atoms with van der Waals surface area (Å²) < 4.78 is 5.38. The van der Waals surface area contributed by atoms with E-state index in [1.165, 1.54) is 12.1 Å². The number of nitro benzene ring substituents is 1. The maximum atomic E-state index is 10.6. The normalized spacial score (nSPS) is 12.5. The molecule has 0 spiro atoms. The number of fused-ring (bicyclic) bond motifs is 1. The summed E-state index contributed by atoms with van der Waals surface area (Å²) in [5, 5.41) is 25.7. The maximum absolute atomic E-state index is 10.6. The average Bonchev–Trinajstić information content (AvgIpc) is 2.79. The van der Waals surface area contributed by atoms with Gasteiger partial charge < -0.3 is 20.2 Å². The number of hydrogen-bond acceptors (Lipinski definition) is 7. The van der Waals surface area contributed by atoms with Crippen molar-refractivity contribution in [1.82, 2.24) is 10.3 Å². The second-order valence-electron chi connectivity index (χ2n) is 4.41. The molecule has 2 aromatic rings. The second kappa shape index (κ2) is 6.31. The van der Waals surface area contributed by atoms with Crippen LogP contribution >= 0.6 is 0 Å². The highest BCUT2D eigenvalue weighted by atomic mass is 16.6. The van der Waals surface area contributed by atoms with E-state index in [2.05, 4.69) is 15.6 Å². The third kappa shape index (κ3) is 3.65. The smallest absolute Gasteiger partial charge is 0.295 e. The molecule has 0 bridgehead atoms. The van der Waals surface area contributed by atoms with Gasteiger partial charge in [0.1, 0.15) is 5.52 Å². The zero-order valence-corrected chi connectivity index (χ0v) is 11.0. The van der Waals surface area contributed by atoms with E-state index in [1.807, 2.05) is 0 Å². The zero-order valence-electron chi connectivity index (χ0n) is 11.0. The van der Waals surface area contributed by atoms with Gasteiger partial charge in [0.05, 0.1) is 17.1 Å². The summed E-state index contributed by atoms with van der Waals surface area (Å²) in [6, 6.07) is 4.60. The maximum Gasteiger partial charge on any atom is 0.295 e. The van der Waals surface area contributed by atoms with E-state index in [1.54, 1.807) is 13.0 Å². The van der Waals surface area contributed by atoms with Crippen LogP contribution in [0.5, 0.6) is 0 Å². The number of aliphatic hydroxyl groups excluding tert-OH is 1. The van der Waals surface area contributed by atoms with E-state index in [4.69, 9.17) is 9.52 Å².